The summed E-state index contributed by atoms with van der Waals surface area (Å²) in [5.41, 5.74) is 1.70. The van der Waals surface area contributed by atoms with Crippen LogP contribution in [-0.4, -0.2) is 48.9 Å². The average molecular weight is 309 g/mol. The quantitative estimate of drug-likeness (QED) is 0.830. The van der Waals surface area contributed by atoms with Gasteiger partial charge in [-0.05, 0) is 24.7 Å². The lowest BCUT2D eigenvalue weighted by molar-refractivity contribution is 0.520. The van der Waals surface area contributed by atoms with Crippen molar-refractivity contribution < 1.29 is 8.42 Å². The molecule has 0 unspecified atom stereocenters. The third-order valence-electron chi connectivity index (χ3n) is 2.97. The van der Waals surface area contributed by atoms with Gasteiger partial charge < -0.3 is 5.32 Å². The second-order valence-corrected chi connectivity index (χ2v) is 7.02. The van der Waals surface area contributed by atoms with Gasteiger partial charge in [0, 0.05) is 20.6 Å². The monoisotopic (exact) mass is 309 g/mol. The van der Waals surface area contributed by atoms with E-state index in [-0.39, 0.29) is 4.90 Å². The number of nitrogens with zero attached hydrogens (tertiary/aromatic N) is 4. The molecule has 0 fully saturated rings. The van der Waals surface area contributed by atoms with E-state index < -0.39 is 10.0 Å². The predicted octanol–water partition coefficient (Wildman–Crippen LogP) is 0.296. The summed E-state index contributed by atoms with van der Waals surface area (Å²) >= 11 is 0. The molecule has 0 amide bonds. The Balaban J connectivity index is 2.21. The number of hydrogen-bond donors (Lipinski definition) is 1. The van der Waals surface area contributed by atoms with E-state index in [9.17, 15) is 8.42 Å². The fourth-order valence-electron chi connectivity index (χ4n) is 1.88. The van der Waals surface area contributed by atoms with E-state index in [1.165, 1.54) is 18.4 Å². The molecule has 0 saturated carbocycles. The first-order chi connectivity index (χ1) is 9.93. The number of rotatable bonds is 6. The highest BCUT2D eigenvalue weighted by atomic mass is 32.2. The second kappa shape index (κ2) is 6.33. The van der Waals surface area contributed by atoms with E-state index in [4.69, 9.17) is 0 Å². The van der Waals surface area contributed by atoms with Gasteiger partial charge in [0.05, 0.1) is 23.3 Å². The highest BCUT2D eigenvalue weighted by Crippen LogP contribution is 2.15. The Morgan fingerprint density at radius 1 is 1.33 bits per heavy atom. The van der Waals surface area contributed by atoms with Crippen molar-refractivity contribution in [2.45, 2.75) is 18.0 Å². The topological polar surface area (TPSA) is 80.1 Å². The third-order valence-corrected chi connectivity index (χ3v) is 4.78. The molecule has 1 heterocycles. The van der Waals surface area contributed by atoms with Crippen LogP contribution < -0.4 is 5.32 Å². The Bertz CT molecular complexity index is 709. The van der Waals surface area contributed by atoms with Gasteiger partial charge in [0.25, 0.3) is 0 Å². The first-order valence-corrected chi connectivity index (χ1v) is 7.92. The minimum absolute atomic E-state index is 0.278. The molecule has 0 aliphatic rings. The van der Waals surface area contributed by atoms with Gasteiger partial charge in [0.1, 0.15) is 0 Å². The number of hydrogen-bond acceptors (Lipinski definition) is 5. The molecule has 2 aromatic rings. The molecule has 0 bridgehead atoms. The van der Waals surface area contributed by atoms with Crippen molar-refractivity contribution >= 4 is 10.0 Å². The van der Waals surface area contributed by atoms with Crippen LogP contribution in [0.2, 0.25) is 0 Å². The van der Waals surface area contributed by atoms with Crippen molar-refractivity contribution in [1.29, 1.82) is 0 Å². The van der Waals surface area contributed by atoms with E-state index in [0.29, 0.717) is 13.1 Å². The molecule has 8 heteroatoms. The molecule has 0 radical (unpaired) electrons. The van der Waals surface area contributed by atoms with Crippen molar-refractivity contribution in [1.82, 2.24) is 24.6 Å². The van der Waals surface area contributed by atoms with Crippen LogP contribution in [0.15, 0.2) is 35.4 Å². The molecule has 2 rings (SSSR count). The summed E-state index contributed by atoms with van der Waals surface area (Å²) in [6.45, 7) is 1.13. The molecule has 114 valence electrons. The molecule has 7 nitrogen and oxygen atoms in total. The lowest BCUT2D eigenvalue weighted by atomic mass is 10.2. The van der Waals surface area contributed by atoms with Gasteiger partial charge in [-0.15, -0.1) is 5.10 Å². The average Bonchev–Trinajstić information content (AvgIpc) is 2.86. The maximum atomic E-state index is 12.1. The van der Waals surface area contributed by atoms with Crippen LogP contribution in [0.5, 0.6) is 0 Å². The van der Waals surface area contributed by atoms with Gasteiger partial charge in [0.15, 0.2) is 0 Å². The van der Waals surface area contributed by atoms with Gasteiger partial charge in [0.2, 0.25) is 10.0 Å². The van der Waals surface area contributed by atoms with E-state index >= 15 is 0 Å². The van der Waals surface area contributed by atoms with Gasteiger partial charge in [-0.1, -0.05) is 17.3 Å². The Morgan fingerprint density at radius 2 is 2.10 bits per heavy atom. The lowest BCUT2D eigenvalue weighted by Gasteiger charge is -2.12. The molecule has 1 aromatic carbocycles. The Labute approximate surface area is 124 Å². The van der Waals surface area contributed by atoms with Crippen LogP contribution in [0.3, 0.4) is 0 Å². The molecule has 0 aliphatic carbocycles. The Morgan fingerprint density at radius 3 is 2.76 bits per heavy atom. The number of nitrogens with one attached hydrogen (secondary N) is 1. The zero-order valence-electron chi connectivity index (χ0n) is 12.3. The largest absolute Gasteiger partial charge is 0.314 e. The zero-order chi connectivity index (χ0) is 15.5. The number of aromatic nitrogens is 3. The molecule has 0 atom stereocenters. The minimum atomic E-state index is -3.42. The molecule has 1 N–H and O–H groups in total. The summed E-state index contributed by atoms with van der Waals surface area (Å²) in [6.07, 6.45) is 1.84. The summed E-state index contributed by atoms with van der Waals surface area (Å²) in [5.74, 6) is 0. The fourth-order valence-corrected chi connectivity index (χ4v) is 2.85. The number of benzene rings is 1. The molecular weight excluding hydrogens is 290 g/mol. The first-order valence-electron chi connectivity index (χ1n) is 6.48. The van der Waals surface area contributed by atoms with Crippen LogP contribution >= 0.6 is 0 Å². The standard InChI is InChI=1S/C13H19N5O2S/c1-14-8-12-10-18(16-15-12)9-11-5-4-6-13(7-11)21(19,20)17(2)3/h4-7,10,14H,8-9H2,1-3H3. The third kappa shape index (κ3) is 3.66. The van der Waals surface area contributed by atoms with E-state index in [0.717, 1.165) is 11.3 Å². The summed E-state index contributed by atoms with van der Waals surface area (Å²) in [6, 6.07) is 6.85. The molecule has 1 aromatic heterocycles. The molecule has 0 spiro atoms. The Hall–Kier alpha value is -1.77. The van der Waals surface area contributed by atoms with E-state index in [1.54, 1.807) is 22.9 Å². The van der Waals surface area contributed by atoms with Crippen LogP contribution in [0.4, 0.5) is 0 Å². The van der Waals surface area contributed by atoms with E-state index in [2.05, 4.69) is 15.6 Å². The van der Waals surface area contributed by atoms with Gasteiger partial charge in [-0.25, -0.2) is 17.4 Å². The SMILES string of the molecule is CNCc1cn(Cc2cccc(S(=O)(=O)N(C)C)c2)nn1. The van der Waals surface area contributed by atoms with E-state index in [1.807, 2.05) is 19.3 Å². The summed E-state index contributed by atoms with van der Waals surface area (Å²) in [7, 11) is 1.46. The highest BCUT2D eigenvalue weighted by Gasteiger charge is 2.17. The fraction of sp³-hybridized carbons (Fsp3) is 0.385. The molecular formula is C13H19N5O2S. The highest BCUT2D eigenvalue weighted by molar-refractivity contribution is 7.89. The van der Waals surface area contributed by atoms with Gasteiger partial charge in [-0.3, -0.25) is 0 Å². The van der Waals surface area contributed by atoms with Crippen molar-refractivity contribution in [3.8, 4) is 0 Å². The summed E-state index contributed by atoms with van der Waals surface area (Å²) < 4.78 is 27.1. The second-order valence-electron chi connectivity index (χ2n) is 4.87. The summed E-state index contributed by atoms with van der Waals surface area (Å²) in [5, 5.41) is 11.1. The van der Waals surface area contributed by atoms with Crippen molar-refractivity contribution in [3.05, 3.63) is 41.7 Å². The van der Waals surface area contributed by atoms with Crippen LogP contribution in [0, 0.1) is 0 Å². The van der Waals surface area contributed by atoms with Crippen molar-refractivity contribution in [2.75, 3.05) is 21.1 Å². The molecule has 0 aliphatic heterocycles. The van der Waals surface area contributed by atoms with Crippen LogP contribution in [0.25, 0.3) is 0 Å². The number of sulfonamides is 1. The summed E-state index contributed by atoms with van der Waals surface area (Å²) in [4.78, 5) is 0.278. The first kappa shape index (κ1) is 15.6. The van der Waals surface area contributed by atoms with Crippen LogP contribution in [0.1, 0.15) is 11.3 Å². The van der Waals surface area contributed by atoms with Crippen LogP contribution in [-0.2, 0) is 23.1 Å². The maximum absolute atomic E-state index is 12.1. The normalized spacial score (nSPS) is 12.0. The molecule has 0 saturated heterocycles. The zero-order valence-corrected chi connectivity index (χ0v) is 13.1. The van der Waals surface area contributed by atoms with Crippen molar-refractivity contribution in [2.24, 2.45) is 0 Å². The van der Waals surface area contributed by atoms with Crippen molar-refractivity contribution in [3.63, 3.8) is 0 Å². The van der Waals surface area contributed by atoms with Gasteiger partial charge >= 0.3 is 0 Å². The smallest absolute Gasteiger partial charge is 0.242 e. The molecule has 21 heavy (non-hydrogen) atoms. The maximum Gasteiger partial charge on any atom is 0.242 e. The Kier molecular flexibility index (Phi) is 4.71. The minimum Gasteiger partial charge on any atom is -0.314 e. The predicted molar refractivity (Wildman–Crippen MR) is 79.2 cm³/mol. The van der Waals surface area contributed by atoms with Gasteiger partial charge in [-0.2, -0.15) is 0 Å². The lowest BCUT2D eigenvalue weighted by Crippen LogP contribution is -2.22.